The number of ether oxygens (including phenoxy) is 2. The van der Waals surface area contributed by atoms with Crippen LogP contribution in [0, 0.1) is 13.8 Å². The maximum absolute atomic E-state index is 12.6. The van der Waals surface area contributed by atoms with E-state index in [1.807, 2.05) is 45.0 Å². The molecular weight excluding hydrogens is 396 g/mol. The number of esters is 1. The first kappa shape index (κ1) is 22.1. The quantitative estimate of drug-likeness (QED) is 0.525. The average Bonchev–Trinajstić information content (AvgIpc) is 3.08. The molecule has 1 heterocycles. The topological polar surface area (TPSA) is 90.7 Å². The molecule has 0 radical (unpaired) electrons. The number of aromatic nitrogens is 1. The van der Waals surface area contributed by atoms with Gasteiger partial charge < -0.3 is 19.3 Å². The van der Waals surface area contributed by atoms with Crippen LogP contribution in [0.3, 0.4) is 0 Å². The van der Waals surface area contributed by atoms with E-state index in [2.05, 4.69) is 10.5 Å². The molecule has 3 rings (SSSR count). The number of carbonyl (C=O) groups excluding carboxylic acids is 2. The number of benzene rings is 2. The van der Waals surface area contributed by atoms with Crippen molar-refractivity contribution in [1.29, 1.82) is 0 Å². The summed E-state index contributed by atoms with van der Waals surface area (Å²) in [6.45, 7) is 7.52. The van der Waals surface area contributed by atoms with Crippen LogP contribution in [0.25, 0.3) is 0 Å². The highest BCUT2D eigenvalue weighted by Gasteiger charge is 2.17. The summed E-state index contributed by atoms with van der Waals surface area (Å²) in [5.41, 5.74) is 3.52. The molecule has 0 aliphatic rings. The lowest BCUT2D eigenvalue weighted by Gasteiger charge is -2.14. The van der Waals surface area contributed by atoms with Crippen LogP contribution in [0.1, 0.15) is 52.7 Å². The van der Waals surface area contributed by atoms with Crippen LogP contribution < -0.4 is 10.1 Å². The lowest BCUT2D eigenvalue weighted by molar-refractivity contribution is -0.119. The second-order valence-electron chi connectivity index (χ2n) is 7.45. The fourth-order valence-electron chi connectivity index (χ4n) is 3.13. The van der Waals surface area contributed by atoms with Crippen LogP contribution in [0.4, 0.5) is 5.69 Å². The minimum atomic E-state index is -0.637. The van der Waals surface area contributed by atoms with Gasteiger partial charge in [-0.15, -0.1) is 0 Å². The van der Waals surface area contributed by atoms with Gasteiger partial charge in [-0.1, -0.05) is 49.3 Å². The second kappa shape index (κ2) is 9.93. The number of aryl methyl sites for hydroxylation is 2. The first-order valence-corrected chi connectivity index (χ1v) is 10.1. The molecule has 0 spiro atoms. The van der Waals surface area contributed by atoms with Gasteiger partial charge in [0.05, 0.1) is 11.3 Å². The Bertz CT molecular complexity index is 1050. The summed E-state index contributed by atoms with van der Waals surface area (Å²) in [6.07, 6.45) is 0. The monoisotopic (exact) mass is 422 g/mol. The van der Waals surface area contributed by atoms with Crippen LogP contribution >= 0.6 is 0 Å². The van der Waals surface area contributed by atoms with Crippen LogP contribution in [0.5, 0.6) is 5.75 Å². The molecule has 162 valence electrons. The molecule has 0 fully saturated rings. The van der Waals surface area contributed by atoms with Crippen molar-refractivity contribution in [3.63, 3.8) is 0 Å². The van der Waals surface area contributed by atoms with Gasteiger partial charge in [0.15, 0.2) is 6.61 Å². The largest absolute Gasteiger partial charge is 0.488 e. The van der Waals surface area contributed by atoms with Crippen LogP contribution in [0.15, 0.2) is 53.1 Å². The maximum atomic E-state index is 12.6. The highest BCUT2D eigenvalue weighted by atomic mass is 16.5. The lowest BCUT2D eigenvalue weighted by atomic mass is 10.0. The second-order valence-corrected chi connectivity index (χ2v) is 7.45. The summed E-state index contributed by atoms with van der Waals surface area (Å²) in [4.78, 5) is 24.9. The Morgan fingerprint density at radius 3 is 2.48 bits per heavy atom. The normalized spacial score (nSPS) is 10.7. The van der Waals surface area contributed by atoms with E-state index in [-0.39, 0.29) is 18.1 Å². The van der Waals surface area contributed by atoms with Gasteiger partial charge >= 0.3 is 5.97 Å². The molecule has 0 bridgehead atoms. The summed E-state index contributed by atoms with van der Waals surface area (Å²) >= 11 is 0. The minimum absolute atomic E-state index is 0.206. The summed E-state index contributed by atoms with van der Waals surface area (Å²) in [5.74, 6) is 0.229. The molecule has 0 atom stereocenters. The van der Waals surface area contributed by atoms with E-state index in [4.69, 9.17) is 14.0 Å². The van der Waals surface area contributed by atoms with E-state index in [0.717, 1.165) is 16.8 Å². The third kappa shape index (κ3) is 5.51. The van der Waals surface area contributed by atoms with E-state index in [0.29, 0.717) is 17.2 Å². The third-order valence-corrected chi connectivity index (χ3v) is 4.85. The number of amides is 1. The summed E-state index contributed by atoms with van der Waals surface area (Å²) in [7, 11) is 0. The Balaban J connectivity index is 1.62. The van der Waals surface area contributed by atoms with Crippen molar-refractivity contribution in [2.45, 2.75) is 40.2 Å². The number of para-hydroxylation sites is 2. The molecule has 3 aromatic rings. The SMILES string of the molecule is Cc1noc(C)c1COc1ccccc1C(=O)OCC(=O)Nc1ccccc1C(C)C. The van der Waals surface area contributed by atoms with Crippen LogP contribution in [0.2, 0.25) is 0 Å². The van der Waals surface area contributed by atoms with Crippen molar-refractivity contribution in [2.24, 2.45) is 0 Å². The highest BCUT2D eigenvalue weighted by molar-refractivity contribution is 5.97. The summed E-state index contributed by atoms with van der Waals surface area (Å²) in [5, 5.41) is 6.70. The van der Waals surface area contributed by atoms with Crippen molar-refractivity contribution in [3.8, 4) is 5.75 Å². The van der Waals surface area contributed by atoms with Crippen molar-refractivity contribution < 1.29 is 23.6 Å². The smallest absolute Gasteiger partial charge is 0.342 e. The summed E-state index contributed by atoms with van der Waals surface area (Å²) < 4.78 is 16.2. The van der Waals surface area contributed by atoms with Gasteiger partial charge in [0.2, 0.25) is 0 Å². The molecule has 2 aromatic carbocycles. The third-order valence-electron chi connectivity index (χ3n) is 4.85. The number of rotatable bonds is 8. The standard InChI is InChI=1S/C24H26N2O5/c1-15(2)18-9-5-7-11-21(18)25-23(27)14-30-24(28)19-10-6-8-12-22(19)29-13-20-16(3)26-31-17(20)4/h5-12,15H,13-14H2,1-4H3,(H,25,27). The molecule has 1 aromatic heterocycles. The number of anilines is 1. The van der Waals surface area contributed by atoms with Crippen molar-refractivity contribution in [2.75, 3.05) is 11.9 Å². The lowest BCUT2D eigenvalue weighted by Crippen LogP contribution is -2.22. The van der Waals surface area contributed by atoms with Gasteiger partial charge in [-0.3, -0.25) is 4.79 Å². The molecule has 1 N–H and O–H groups in total. The van der Waals surface area contributed by atoms with Gasteiger partial charge in [0, 0.05) is 5.69 Å². The molecule has 7 heteroatoms. The number of nitrogens with one attached hydrogen (secondary N) is 1. The van der Waals surface area contributed by atoms with E-state index < -0.39 is 18.5 Å². The first-order valence-electron chi connectivity index (χ1n) is 10.1. The highest BCUT2D eigenvalue weighted by Crippen LogP contribution is 2.24. The zero-order valence-corrected chi connectivity index (χ0v) is 18.1. The van der Waals surface area contributed by atoms with Crippen molar-refractivity contribution in [1.82, 2.24) is 5.16 Å². The van der Waals surface area contributed by atoms with Crippen molar-refractivity contribution >= 4 is 17.6 Å². The van der Waals surface area contributed by atoms with Gasteiger partial charge in [-0.05, 0) is 43.5 Å². The van der Waals surface area contributed by atoms with Crippen molar-refractivity contribution in [3.05, 3.63) is 76.7 Å². The average molecular weight is 422 g/mol. The minimum Gasteiger partial charge on any atom is -0.488 e. The van der Waals surface area contributed by atoms with Crippen LogP contribution in [-0.4, -0.2) is 23.6 Å². The molecule has 1 amide bonds. The molecule has 31 heavy (non-hydrogen) atoms. The van der Waals surface area contributed by atoms with Gasteiger partial charge in [0.1, 0.15) is 23.7 Å². The Morgan fingerprint density at radius 1 is 1.06 bits per heavy atom. The zero-order chi connectivity index (χ0) is 22.4. The molecular formula is C24H26N2O5. The zero-order valence-electron chi connectivity index (χ0n) is 18.1. The maximum Gasteiger partial charge on any atom is 0.342 e. The van der Waals surface area contributed by atoms with E-state index in [9.17, 15) is 9.59 Å². The number of hydrogen-bond acceptors (Lipinski definition) is 6. The molecule has 0 aliphatic carbocycles. The number of carbonyl (C=O) groups is 2. The Kier molecular flexibility index (Phi) is 7.07. The Labute approximate surface area is 181 Å². The first-order chi connectivity index (χ1) is 14.9. The van der Waals surface area contributed by atoms with Gasteiger partial charge in [-0.25, -0.2) is 4.79 Å². The molecule has 7 nitrogen and oxygen atoms in total. The predicted molar refractivity (Wildman–Crippen MR) is 116 cm³/mol. The van der Waals surface area contributed by atoms with Gasteiger partial charge in [0.25, 0.3) is 5.91 Å². The molecule has 0 unspecified atom stereocenters. The fraction of sp³-hybridized carbons (Fsp3) is 0.292. The molecule has 0 saturated carbocycles. The van der Waals surface area contributed by atoms with Gasteiger partial charge in [-0.2, -0.15) is 0 Å². The van der Waals surface area contributed by atoms with Crippen LogP contribution in [-0.2, 0) is 16.1 Å². The molecule has 0 aliphatic heterocycles. The van der Waals surface area contributed by atoms with E-state index in [1.165, 1.54) is 0 Å². The number of hydrogen-bond donors (Lipinski definition) is 1. The fourth-order valence-corrected chi connectivity index (χ4v) is 3.13. The van der Waals surface area contributed by atoms with E-state index in [1.54, 1.807) is 31.2 Å². The number of nitrogens with zero attached hydrogens (tertiary/aromatic N) is 1. The summed E-state index contributed by atoms with van der Waals surface area (Å²) in [6, 6.07) is 14.3. The Hall–Kier alpha value is -3.61. The van der Waals surface area contributed by atoms with E-state index >= 15 is 0 Å². The Morgan fingerprint density at radius 2 is 1.77 bits per heavy atom. The molecule has 0 saturated heterocycles. The predicted octanol–water partition coefficient (Wildman–Crippen LogP) is 4.79.